The third-order valence-electron chi connectivity index (χ3n) is 3.80. The molecule has 0 spiro atoms. The first-order valence-corrected chi connectivity index (χ1v) is 7.86. The zero-order valence-electron chi connectivity index (χ0n) is 14.0. The Bertz CT molecular complexity index is 511. The zero-order chi connectivity index (χ0) is 16.5. The molecule has 0 aliphatic carbocycles. The Morgan fingerprint density at radius 2 is 1.73 bits per heavy atom. The van der Waals surface area contributed by atoms with Crippen LogP contribution in [0.2, 0.25) is 0 Å². The summed E-state index contributed by atoms with van der Waals surface area (Å²) in [7, 11) is 0. The van der Waals surface area contributed by atoms with Gasteiger partial charge in [-0.05, 0) is 63.2 Å². The van der Waals surface area contributed by atoms with Gasteiger partial charge in [0.15, 0.2) is 0 Å². The predicted molar refractivity (Wildman–Crippen MR) is 90.0 cm³/mol. The van der Waals surface area contributed by atoms with Crippen molar-refractivity contribution in [2.24, 2.45) is 0 Å². The zero-order valence-corrected chi connectivity index (χ0v) is 14.0. The van der Waals surface area contributed by atoms with Crippen molar-refractivity contribution in [2.45, 2.75) is 34.1 Å². The first-order valence-electron chi connectivity index (χ1n) is 7.86. The minimum absolute atomic E-state index is 0.510. The SMILES string of the molecule is CCN(CC)CCCNC(=O)C(=O)Nc1ccc(C)c(C)c1. The van der Waals surface area contributed by atoms with Gasteiger partial charge in [-0.1, -0.05) is 19.9 Å². The molecule has 0 radical (unpaired) electrons. The van der Waals surface area contributed by atoms with Crippen LogP contribution in [0.25, 0.3) is 0 Å². The Labute approximate surface area is 133 Å². The second kappa shape index (κ2) is 9.20. The average Bonchev–Trinajstić information content (AvgIpc) is 2.50. The van der Waals surface area contributed by atoms with E-state index in [0.29, 0.717) is 12.2 Å². The standard InChI is InChI=1S/C17H27N3O2/c1-5-20(6-2)11-7-10-18-16(21)17(22)19-15-9-8-13(3)14(4)12-15/h8-9,12H,5-7,10-11H2,1-4H3,(H,18,21)(H,19,22). The van der Waals surface area contributed by atoms with Crippen molar-refractivity contribution >= 4 is 17.5 Å². The molecular formula is C17H27N3O2. The van der Waals surface area contributed by atoms with Crippen molar-refractivity contribution in [3.8, 4) is 0 Å². The molecule has 22 heavy (non-hydrogen) atoms. The molecule has 0 saturated carbocycles. The number of nitrogens with one attached hydrogen (secondary N) is 2. The molecular weight excluding hydrogens is 278 g/mol. The molecule has 122 valence electrons. The van der Waals surface area contributed by atoms with Crippen LogP contribution in [0.3, 0.4) is 0 Å². The lowest BCUT2D eigenvalue weighted by Gasteiger charge is -2.17. The van der Waals surface area contributed by atoms with Crippen LogP contribution < -0.4 is 10.6 Å². The van der Waals surface area contributed by atoms with Gasteiger partial charge < -0.3 is 15.5 Å². The Morgan fingerprint density at radius 3 is 2.32 bits per heavy atom. The number of nitrogens with zero attached hydrogens (tertiary/aromatic N) is 1. The molecule has 5 nitrogen and oxygen atoms in total. The van der Waals surface area contributed by atoms with Crippen LogP contribution >= 0.6 is 0 Å². The molecule has 5 heteroatoms. The monoisotopic (exact) mass is 305 g/mol. The number of amides is 2. The number of hydrogen-bond donors (Lipinski definition) is 2. The number of aryl methyl sites for hydroxylation is 2. The third kappa shape index (κ3) is 5.85. The van der Waals surface area contributed by atoms with Crippen molar-refractivity contribution in [1.29, 1.82) is 0 Å². The third-order valence-corrected chi connectivity index (χ3v) is 3.80. The molecule has 0 aliphatic heterocycles. The Balaban J connectivity index is 2.36. The van der Waals surface area contributed by atoms with Gasteiger partial charge in [-0.15, -0.1) is 0 Å². The Morgan fingerprint density at radius 1 is 1.05 bits per heavy atom. The summed E-state index contributed by atoms with van der Waals surface area (Å²) in [4.78, 5) is 25.8. The van der Waals surface area contributed by atoms with Gasteiger partial charge >= 0.3 is 11.8 Å². The van der Waals surface area contributed by atoms with E-state index in [0.717, 1.165) is 37.2 Å². The molecule has 1 aromatic carbocycles. The summed E-state index contributed by atoms with van der Waals surface area (Å²) in [5, 5.41) is 5.27. The highest BCUT2D eigenvalue weighted by Crippen LogP contribution is 2.13. The summed E-state index contributed by atoms with van der Waals surface area (Å²) >= 11 is 0. The topological polar surface area (TPSA) is 61.4 Å². The lowest BCUT2D eigenvalue weighted by atomic mass is 10.1. The van der Waals surface area contributed by atoms with E-state index < -0.39 is 11.8 Å². The number of rotatable bonds is 7. The summed E-state index contributed by atoms with van der Waals surface area (Å²) in [6.07, 6.45) is 0.838. The van der Waals surface area contributed by atoms with Crippen molar-refractivity contribution in [3.63, 3.8) is 0 Å². The van der Waals surface area contributed by atoms with Crippen molar-refractivity contribution in [3.05, 3.63) is 29.3 Å². The van der Waals surface area contributed by atoms with Crippen LogP contribution in [0.1, 0.15) is 31.4 Å². The molecule has 0 aromatic heterocycles. The quantitative estimate of drug-likeness (QED) is 0.599. The van der Waals surface area contributed by atoms with Crippen LogP contribution in [-0.2, 0) is 9.59 Å². The van der Waals surface area contributed by atoms with E-state index in [2.05, 4.69) is 29.4 Å². The maximum atomic E-state index is 11.8. The van der Waals surface area contributed by atoms with Gasteiger partial charge in [0.05, 0.1) is 0 Å². The maximum absolute atomic E-state index is 11.8. The van der Waals surface area contributed by atoms with E-state index in [4.69, 9.17) is 0 Å². The Hall–Kier alpha value is -1.88. The van der Waals surface area contributed by atoms with Crippen LogP contribution in [0, 0.1) is 13.8 Å². The molecule has 1 rings (SSSR count). The summed E-state index contributed by atoms with van der Waals surface area (Å²) in [6, 6.07) is 5.59. The van der Waals surface area contributed by atoms with Gasteiger partial charge in [0.25, 0.3) is 0 Å². The normalized spacial score (nSPS) is 10.6. The van der Waals surface area contributed by atoms with E-state index in [9.17, 15) is 9.59 Å². The average molecular weight is 305 g/mol. The summed E-state index contributed by atoms with van der Waals surface area (Å²) in [5.41, 5.74) is 2.88. The summed E-state index contributed by atoms with van der Waals surface area (Å²) < 4.78 is 0. The molecule has 0 heterocycles. The van der Waals surface area contributed by atoms with Gasteiger partial charge in [-0.25, -0.2) is 0 Å². The second-order valence-corrected chi connectivity index (χ2v) is 5.39. The fourth-order valence-corrected chi connectivity index (χ4v) is 2.13. The fraction of sp³-hybridized carbons (Fsp3) is 0.529. The highest BCUT2D eigenvalue weighted by Gasteiger charge is 2.13. The number of hydrogen-bond acceptors (Lipinski definition) is 3. The largest absolute Gasteiger partial charge is 0.348 e. The van der Waals surface area contributed by atoms with Crippen LogP contribution in [0.15, 0.2) is 18.2 Å². The van der Waals surface area contributed by atoms with Crippen LogP contribution in [-0.4, -0.2) is 42.9 Å². The van der Waals surface area contributed by atoms with E-state index in [1.165, 1.54) is 0 Å². The number of benzene rings is 1. The van der Waals surface area contributed by atoms with Crippen molar-refractivity contribution < 1.29 is 9.59 Å². The predicted octanol–water partition coefficient (Wildman–Crippen LogP) is 2.09. The molecule has 0 atom stereocenters. The van der Waals surface area contributed by atoms with Crippen molar-refractivity contribution in [2.75, 3.05) is 31.5 Å². The van der Waals surface area contributed by atoms with Gasteiger partial charge in [0, 0.05) is 12.2 Å². The van der Waals surface area contributed by atoms with Gasteiger partial charge in [0.1, 0.15) is 0 Å². The van der Waals surface area contributed by atoms with Gasteiger partial charge in [-0.3, -0.25) is 9.59 Å². The van der Waals surface area contributed by atoms with Crippen LogP contribution in [0.5, 0.6) is 0 Å². The highest BCUT2D eigenvalue weighted by molar-refractivity contribution is 6.39. The van der Waals surface area contributed by atoms with Crippen molar-refractivity contribution in [1.82, 2.24) is 10.2 Å². The first-order chi connectivity index (χ1) is 10.5. The molecule has 0 fully saturated rings. The first kappa shape index (κ1) is 18.2. The van der Waals surface area contributed by atoms with E-state index in [-0.39, 0.29) is 0 Å². The molecule has 2 N–H and O–H groups in total. The minimum Gasteiger partial charge on any atom is -0.348 e. The maximum Gasteiger partial charge on any atom is 0.313 e. The molecule has 0 saturated heterocycles. The lowest BCUT2D eigenvalue weighted by Crippen LogP contribution is -2.37. The van der Waals surface area contributed by atoms with E-state index >= 15 is 0 Å². The molecule has 1 aromatic rings. The summed E-state index contributed by atoms with van der Waals surface area (Å²) in [5.74, 6) is -1.20. The van der Waals surface area contributed by atoms with E-state index in [1.54, 1.807) is 6.07 Å². The minimum atomic E-state index is -0.619. The summed E-state index contributed by atoms with van der Waals surface area (Å²) in [6.45, 7) is 11.6. The fourth-order valence-electron chi connectivity index (χ4n) is 2.13. The number of carbonyl (C=O) groups is 2. The Kier molecular flexibility index (Phi) is 7.60. The van der Waals surface area contributed by atoms with Gasteiger partial charge in [0.2, 0.25) is 0 Å². The second-order valence-electron chi connectivity index (χ2n) is 5.39. The molecule has 0 unspecified atom stereocenters. The lowest BCUT2D eigenvalue weighted by molar-refractivity contribution is -0.136. The van der Waals surface area contributed by atoms with E-state index in [1.807, 2.05) is 26.0 Å². The molecule has 0 bridgehead atoms. The molecule has 2 amide bonds. The molecule has 0 aliphatic rings. The number of anilines is 1. The van der Waals surface area contributed by atoms with Crippen LogP contribution in [0.4, 0.5) is 5.69 Å². The highest BCUT2D eigenvalue weighted by atomic mass is 16.2. The number of carbonyl (C=O) groups excluding carboxylic acids is 2. The van der Waals surface area contributed by atoms with Gasteiger partial charge in [-0.2, -0.15) is 0 Å². The smallest absolute Gasteiger partial charge is 0.313 e.